The molecule has 3 nitrogen and oxygen atoms in total. The second-order valence-corrected chi connectivity index (χ2v) is 18.3. The summed E-state index contributed by atoms with van der Waals surface area (Å²) in [7, 11) is 0. The van der Waals surface area contributed by atoms with E-state index in [1.807, 2.05) is 0 Å². The first-order chi connectivity index (χ1) is 23.2. The lowest BCUT2D eigenvalue weighted by molar-refractivity contribution is -0.0617. The van der Waals surface area contributed by atoms with Crippen molar-refractivity contribution in [2.45, 2.75) is 215 Å². The molecule has 278 valence electrons. The maximum Gasteiger partial charge on any atom is 0.508 e. The highest BCUT2D eigenvalue weighted by molar-refractivity contribution is 5.60. The van der Waals surface area contributed by atoms with Gasteiger partial charge in [0.2, 0.25) is 0 Å². The normalized spacial score (nSPS) is 31.9. The van der Waals surface area contributed by atoms with Crippen LogP contribution < -0.4 is 0 Å². The second kappa shape index (κ2) is 20.2. The summed E-state index contributed by atoms with van der Waals surface area (Å²) in [5.41, 5.74) is 2.43. The Kier molecular flexibility index (Phi) is 16.7. The summed E-state index contributed by atoms with van der Waals surface area (Å²) in [5, 5.41) is 0. The first-order valence-electron chi connectivity index (χ1n) is 21.7. The molecule has 0 N–H and O–H groups in total. The lowest BCUT2D eigenvalue weighted by Gasteiger charge is -2.58. The first-order valence-corrected chi connectivity index (χ1v) is 21.7. The predicted molar refractivity (Wildman–Crippen MR) is 204 cm³/mol. The number of carbonyl (C=O) groups excluding carboxylic acids is 1. The minimum Gasteiger partial charge on any atom is -0.434 e. The van der Waals surface area contributed by atoms with Crippen LogP contribution in [-0.4, -0.2) is 18.9 Å². The van der Waals surface area contributed by atoms with Gasteiger partial charge in [0.05, 0.1) is 6.61 Å². The van der Waals surface area contributed by atoms with Crippen LogP contribution in [0.25, 0.3) is 0 Å². The highest BCUT2D eigenvalue weighted by Crippen LogP contribution is 2.67. The summed E-state index contributed by atoms with van der Waals surface area (Å²) in [5.74, 6) is 5.17. The Balaban J connectivity index is 1.08. The molecule has 4 aliphatic rings. The van der Waals surface area contributed by atoms with Gasteiger partial charge in [-0.25, -0.2) is 4.79 Å². The molecule has 0 aromatic rings. The number of fused-ring (bicyclic) bond motifs is 5. The third-order valence-corrected chi connectivity index (χ3v) is 14.5. The van der Waals surface area contributed by atoms with Gasteiger partial charge in [0.25, 0.3) is 0 Å². The molecule has 4 aliphatic carbocycles. The quantitative estimate of drug-likeness (QED) is 0.0654. The summed E-state index contributed by atoms with van der Waals surface area (Å²) in [6.07, 6.45) is 36.6. The third kappa shape index (κ3) is 11.0. The van der Waals surface area contributed by atoms with Crippen LogP contribution in [0.2, 0.25) is 0 Å². The monoisotopic (exact) mass is 669 g/mol. The standard InChI is InChI=1S/C45H80O3/c1-7-8-9-10-11-12-13-14-15-16-17-18-19-20-21-33-47-43(46)48-38-29-31-44(5)37(34-38)25-26-39-41-28-27-40(36(4)24-22-23-35(2)3)45(41,6)32-30-42(39)44/h25,35-36,38-42H,7-24,26-34H2,1-6H3/t36-,38+,39-,40+,41-,42-,44+,45-/m1/s1. The summed E-state index contributed by atoms with van der Waals surface area (Å²) in [6, 6.07) is 0. The van der Waals surface area contributed by atoms with E-state index in [1.54, 1.807) is 5.57 Å². The van der Waals surface area contributed by atoms with Gasteiger partial charge >= 0.3 is 6.16 Å². The lowest BCUT2D eigenvalue weighted by Crippen LogP contribution is -2.51. The largest absolute Gasteiger partial charge is 0.508 e. The lowest BCUT2D eigenvalue weighted by atomic mass is 9.47. The molecule has 0 aliphatic heterocycles. The Morgan fingerprint density at radius 2 is 1.38 bits per heavy atom. The van der Waals surface area contributed by atoms with Crippen molar-refractivity contribution in [3.63, 3.8) is 0 Å². The first kappa shape index (κ1) is 39.8. The van der Waals surface area contributed by atoms with Crippen molar-refractivity contribution in [1.29, 1.82) is 0 Å². The van der Waals surface area contributed by atoms with Gasteiger partial charge in [0.1, 0.15) is 6.10 Å². The number of allylic oxidation sites excluding steroid dienone is 1. The molecule has 0 aromatic heterocycles. The van der Waals surface area contributed by atoms with Crippen molar-refractivity contribution in [1.82, 2.24) is 0 Å². The van der Waals surface area contributed by atoms with Gasteiger partial charge in [0.15, 0.2) is 0 Å². The predicted octanol–water partition coefficient (Wildman–Crippen LogP) is 14.4. The molecular weight excluding hydrogens is 588 g/mol. The molecule has 4 rings (SSSR count). The molecular formula is C45H80O3. The van der Waals surface area contributed by atoms with Crippen molar-refractivity contribution < 1.29 is 14.3 Å². The SMILES string of the molecule is CCCCCCCCCCCCCCCCCOC(=O)O[C@H]1CC[C@@]2(C)C(=CC[C@@H]3[C@H]4CC[C@@H]([C@H](C)CCCC(C)C)[C@@]4(C)CC[C@H]32)C1. The number of hydrogen-bond acceptors (Lipinski definition) is 3. The molecule has 3 saturated carbocycles. The average Bonchev–Trinajstić information content (AvgIpc) is 3.42. The number of carbonyl (C=O) groups is 1. The fourth-order valence-corrected chi connectivity index (χ4v) is 11.6. The molecule has 0 amide bonds. The van der Waals surface area contributed by atoms with Crippen molar-refractivity contribution in [2.75, 3.05) is 6.61 Å². The maximum absolute atomic E-state index is 12.6. The smallest absolute Gasteiger partial charge is 0.434 e. The minimum atomic E-state index is -0.434. The third-order valence-electron chi connectivity index (χ3n) is 14.5. The van der Waals surface area contributed by atoms with Crippen LogP contribution in [0.15, 0.2) is 11.6 Å². The van der Waals surface area contributed by atoms with Gasteiger partial charge < -0.3 is 9.47 Å². The Morgan fingerprint density at radius 1 is 0.750 bits per heavy atom. The molecule has 3 heteroatoms. The maximum atomic E-state index is 12.6. The van der Waals surface area contributed by atoms with E-state index in [4.69, 9.17) is 9.47 Å². The number of hydrogen-bond donors (Lipinski definition) is 0. The summed E-state index contributed by atoms with van der Waals surface area (Å²) in [4.78, 5) is 12.6. The number of ether oxygens (including phenoxy) is 2. The van der Waals surface area contributed by atoms with Crippen LogP contribution in [0.4, 0.5) is 4.79 Å². The molecule has 0 heterocycles. The zero-order chi connectivity index (χ0) is 34.4. The molecule has 0 radical (unpaired) electrons. The Bertz CT molecular complexity index is 954. The molecule has 0 aromatic carbocycles. The van der Waals surface area contributed by atoms with Crippen LogP contribution in [0.3, 0.4) is 0 Å². The van der Waals surface area contributed by atoms with Gasteiger partial charge in [-0.2, -0.15) is 0 Å². The highest BCUT2D eigenvalue weighted by atomic mass is 16.7. The van der Waals surface area contributed by atoms with Crippen LogP contribution in [-0.2, 0) is 9.47 Å². The van der Waals surface area contributed by atoms with Gasteiger partial charge in [-0.1, -0.05) is 162 Å². The van der Waals surface area contributed by atoms with Gasteiger partial charge in [-0.15, -0.1) is 0 Å². The fourth-order valence-electron chi connectivity index (χ4n) is 11.6. The van der Waals surface area contributed by atoms with Crippen molar-refractivity contribution in [2.24, 2.45) is 46.3 Å². The molecule has 0 saturated heterocycles. The Labute approximate surface area is 298 Å². The van der Waals surface area contributed by atoms with Crippen LogP contribution in [0, 0.1) is 46.3 Å². The van der Waals surface area contributed by atoms with Crippen LogP contribution >= 0.6 is 0 Å². The van der Waals surface area contributed by atoms with E-state index < -0.39 is 6.16 Å². The van der Waals surface area contributed by atoms with Crippen molar-refractivity contribution >= 4 is 6.16 Å². The molecule has 3 fully saturated rings. The molecule has 0 spiro atoms. The molecule has 48 heavy (non-hydrogen) atoms. The fraction of sp³-hybridized carbons (Fsp3) is 0.933. The van der Waals surface area contributed by atoms with Gasteiger partial charge in [-0.3, -0.25) is 0 Å². The summed E-state index contributed by atoms with van der Waals surface area (Å²) < 4.78 is 11.5. The highest BCUT2D eigenvalue weighted by Gasteiger charge is 2.59. The van der Waals surface area contributed by atoms with Gasteiger partial charge in [0, 0.05) is 6.42 Å². The van der Waals surface area contributed by atoms with Crippen LogP contribution in [0.1, 0.15) is 208 Å². The average molecular weight is 669 g/mol. The Hall–Kier alpha value is -0.990. The van der Waals surface area contributed by atoms with E-state index in [0.717, 1.165) is 67.6 Å². The van der Waals surface area contributed by atoms with Crippen molar-refractivity contribution in [3.05, 3.63) is 11.6 Å². The second-order valence-electron chi connectivity index (χ2n) is 18.3. The number of rotatable bonds is 22. The zero-order valence-electron chi connectivity index (χ0n) is 32.9. The van der Waals surface area contributed by atoms with E-state index >= 15 is 0 Å². The minimum absolute atomic E-state index is 0.00848. The summed E-state index contributed by atoms with van der Waals surface area (Å²) >= 11 is 0. The van der Waals surface area contributed by atoms with E-state index in [0.29, 0.717) is 17.4 Å². The van der Waals surface area contributed by atoms with Crippen LogP contribution in [0.5, 0.6) is 0 Å². The van der Waals surface area contributed by atoms with Gasteiger partial charge in [-0.05, 0) is 97.7 Å². The number of unbranched alkanes of at least 4 members (excludes halogenated alkanes) is 14. The molecule has 0 bridgehead atoms. The van der Waals surface area contributed by atoms with Crippen molar-refractivity contribution in [3.8, 4) is 0 Å². The zero-order valence-corrected chi connectivity index (χ0v) is 32.9. The topological polar surface area (TPSA) is 35.5 Å². The van der Waals surface area contributed by atoms with E-state index in [1.165, 1.54) is 135 Å². The molecule has 8 atom stereocenters. The van der Waals surface area contributed by atoms with E-state index in [2.05, 4.69) is 47.6 Å². The van der Waals surface area contributed by atoms with E-state index in [-0.39, 0.29) is 6.10 Å². The van der Waals surface area contributed by atoms with E-state index in [9.17, 15) is 4.79 Å². The summed E-state index contributed by atoms with van der Waals surface area (Å²) in [6.45, 7) is 15.4. The Morgan fingerprint density at radius 3 is 2.00 bits per heavy atom. The molecule has 0 unspecified atom stereocenters.